The minimum Gasteiger partial charge on any atom is -0.478 e. The number of hydrogen-bond donors (Lipinski definition) is 1. The van der Waals surface area contributed by atoms with E-state index in [-0.39, 0.29) is 42.1 Å². The largest absolute Gasteiger partial charge is 3.00 e. The molecule has 3 aliphatic carbocycles. The van der Waals surface area contributed by atoms with Crippen molar-refractivity contribution >= 4 is 5.97 Å². The minimum atomic E-state index is -0.935. The summed E-state index contributed by atoms with van der Waals surface area (Å²) in [7, 11) is 0. The van der Waals surface area contributed by atoms with Crippen LogP contribution >= 0.6 is 0 Å². The maximum Gasteiger partial charge on any atom is 3.00 e. The molecule has 0 bridgehead atoms. The number of allylic oxidation sites excluding steroid dienone is 4. The van der Waals surface area contributed by atoms with Crippen LogP contribution in [0.15, 0.2) is 34.4 Å². The van der Waals surface area contributed by atoms with Crippen molar-refractivity contribution in [2.75, 3.05) is 0 Å². The average molecular weight is 337 g/mol. The zero-order chi connectivity index (χ0) is 13.8. The zero-order valence-corrected chi connectivity index (χ0v) is 15.9. The average Bonchev–Trinajstić information content (AvgIpc) is 2.78. The number of rotatable bonds is 1. The molecule has 0 aromatic rings. The van der Waals surface area contributed by atoms with Gasteiger partial charge in [-0.2, -0.15) is 5.57 Å². The summed E-state index contributed by atoms with van der Waals surface area (Å²) in [5.41, 5.74) is 7.24. The van der Waals surface area contributed by atoms with Crippen LogP contribution in [0.4, 0.5) is 0 Å². The van der Waals surface area contributed by atoms with Crippen LogP contribution in [0.5, 0.6) is 0 Å². The molecule has 0 atom stereocenters. The Labute approximate surface area is 151 Å². The molecular formula is C19H29O2Ti. The molecule has 2 nitrogen and oxygen atoms in total. The summed E-state index contributed by atoms with van der Waals surface area (Å²) in [6.07, 6.45) is 13.6. The van der Waals surface area contributed by atoms with E-state index in [9.17, 15) is 4.79 Å². The molecule has 3 aliphatic rings. The van der Waals surface area contributed by atoms with Gasteiger partial charge in [-0.1, -0.05) is 31.4 Å². The summed E-state index contributed by atoms with van der Waals surface area (Å²) < 4.78 is 0. The number of fused-ring (bicyclic) bond motifs is 1. The Morgan fingerprint density at radius 1 is 1.09 bits per heavy atom. The first-order valence-electron chi connectivity index (χ1n) is 7.25. The van der Waals surface area contributed by atoms with Gasteiger partial charge in [-0.05, 0) is 32.6 Å². The van der Waals surface area contributed by atoms with Crippen LogP contribution < -0.4 is 0 Å². The molecule has 0 aromatic carbocycles. The van der Waals surface area contributed by atoms with Crippen molar-refractivity contribution in [3.05, 3.63) is 55.7 Å². The molecule has 0 heterocycles. The van der Waals surface area contributed by atoms with Gasteiger partial charge in [0, 0.05) is 5.57 Å². The van der Waals surface area contributed by atoms with Gasteiger partial charge in [-0.25, -0.2) is 16.8 Å². The van der Waals surface area contributed by atoms with Gasteiger partial charge < -0.3 is 20.0 Å². The Morgan fingerprint density at radius 3 is 2.23 bits per heavy atom. The first-order valence-corrected chi connectivity index (χ1v) is 7.25. The molecule has 3 heteroatoms. The molecule has 0 unspecified atom stereocenters. The van der Waals surface area contributed by atoms with E-state index < -0.39 is 5.97 Å². The Bertz CT molecular complexity index is 416. The number of aliphatic carboxylic acids is 1. The molecule has 0 fully saturated rings. The van der Waals surface area contributed by atoms with E-state index in [1.807, 2.05) is 0 Å². The molecule has 121 valence electrons. The molecule has 0 saturated heterocycles. The van der Waals surface area contributed by atoms with Crippen molar-refractivity contribution in [3.8, 4) is 0 Å². The third-order valence-corrected chi connectivity index (χ3v) is 4.12. The molecule has 1 N–H and O–H groups in total. The normalized spacial score (nSPS) is 18.0. The standard InChI is InChI=1S/C13H17.C4H6O2.2CH3.Ti/c1-3-7-12-10(5-1)9-11-6-2-4-8-13(11)12;1-3(2)4(5)6;;;/h5H,1-4,6-9H2;1H2,2H3,(H,5,6);2*1H3;/q-1;;2*-1;+3. The van der Waals surface area contributed by atoms with Crippen molar-refractivity contribution in [3.63, 3.8) is 0 Å². The fraction of sp³-hybridized carbons (Fsp3) is 0.474. The molecule has 0 spiro atoms. The smallest absolute Gasteiger partial charge is 0.478 e. The van der Waals surface area contributed by atoms with Gasteiger partial charge in [0.25, 0.3) is 0 Å². The first-order chi connectivity index (χ1) is 9.09. The van der Waals surface area contributed by atoms with Gasteiger partial charge in [-0.3, -0.25) is 0 Å². The topological polar surface area (TPSA) is 37.3 Å². The number of carboxylic acid groups (broad SMARTS) is 1. The second kappa shape index (κ2) is 10.9. The van der Waals surface area contributed by atoms with E-state index in [1.165, 1.54) is 58.3 Å². The summed E-state index contributed by atoms with van der Waals surface area (Å²) >= 11 is 0. The SMILES string of the molecule is C=C(C)C(=O)O.[CH-]1CCCC2=C1CC1=C2CCCC1.[CH3-].[CH3-].[Ti+3]. The third kappa shape index (κ3) is 5.81. The van der Waals surface area contributed by atoms with Gasteiger partial charge in [0.15, 0.2) is 0 Å². The van der Waals surface area contributed by atoms with Crippen LogP contribution in [-0.4, -0.2) is 11.1 Å². The molecular weight excluding hydrogens is 308 g/mol. The van der Waals surface area contributed by atoms with Crippen molar-refractivity contribution < 1.29 is 31.6 Å². The second-order valence-corrected chi connectivity index (χ2v) is 5.65. The molecule has 0 amide bonds. The van der Waals surface area contributed by atoms with Crippen molar-refractivity contribution in [1.82, 2.24) is 0 Å². The fourth-order valence-electron chi connectivity index (χ4n) is 3.12. The second-order valence-electron chi connectivity index (χ2n) is 5.65. The summed E-state index contributed by atoms with van der Waals surface area (Å²) in [5, 5.41) is 7.89. The van der Waals surface area contributed by atoms with E-state index in [2.05, 4.69) is 13.0 Å². The van der Waals surface area contributed by atoms with E-state index in [1.54, 1.807) is 22.3 Å². The molecule has 0 saturated carbocycles. The Hall–Kier alpha value is -0.726. The van der Waals surface area contributed by atoms with E-state index >= 15 is 0 Å². The molecule has 22 heavy (non-hydrogen) atoms. The maximum atomic E-state index is 9.60. The predicted octanol–water partition coefficient (Wildman–Crippen LogP) is 5.49. The van der Waals surface area contributed by atoms with Crippen molar-refractivity contribution in [2.45, 2.75) is 58.3 Å². The number of carboxylic acids is 1. The summed E-state index contributed by atoms with van der Waals surface area (Å²) in [4.78, 5) is 9.60. The number of hydrogen-bond acceptors (Lipinski definition) is 1. The quantitative estimate of drug-likeness (QED) is 0.390. The van der Waals surface area contributed by atoms with Crippen LogP contribution in [0, 0.1) is 21.3 Å². The van der Waals surface area contributed by atoms with E-state index in [0.29, 0.717) is 0 Å². The Balaban J connectivity index is 0. The van der Waals surface area contributed by atoms with Crippen LogP contribution in [0.2, 0.25) is 0 Å². The van der Waals surface area contributed by atoms with Gasteiger partial charge in [-0.15, -0.1) is 12.0 Å². The van der Waals surface area contributed by atoms with Gasteiger partial charge >= 0.3 is 27.7 Å². The van der Waals surface area contributed by atoms with Crippen LogP contribution in [0.3, 0.4) is 0 Å². The van der Waals surface area contributed by atoms with Gasteiger partial charge in [0.05, 0.1) is 0 Å². The van der Waals surface area contributed by atoms with Crippen LogP contribution in [-0.2, 0) is 26.5 Å². The Kier molecular flexibility index (Phi) is 11.7. The third-order valence-electron chi connectivity index (χ3n) is 4.12. The fourth-order valence-corrected chi connectivity index (χ4v) is 3.12. The molecule has 0 aromatic heterocycles. The summed E-state index contributed by atoms with van der Waals surface area (Å²) in [6.45, 7) is 4.60. The summed E-state index contributed by atoms with van der Waals surface area (Å²) in [6, 6.07) is 0. The van der Waals surface area contributed by atoms with E-state index in [4.69, 9.17) is 5.11 Å². The van der Waals surface area contributed by atoms with Crippen LogP contribution in [0.25, 0.3) is 0 Å². The zero-order valence-electron chi connectivity index (χ0n) is 14.3. The first kappa shape index (κ1) is 23.5. The van der Waals surface area contributed by atoms with Gasteiger partial charge in [0.1, 0.15) is 0 Å². The van der Waals surface area contributed by atoms with Crippen molar-refractivity contribution in [1.29, 1.82) is 0 Å². The molecule has 3 rings (SSSR count). The minimum absolute atomic E-state index is 0. The van der Waals surface area contributed by atoms with E-state index in [0.717, 1.165) is 0 Å². The monoisotopic (exact) mass is 337 g/mol. The predicted molar refractivity (Wildman–Crippen MR) is 90.6 cm³/mol. The molecule has 1 radical (unpaired) electrons. The molecule has 0 aliphatic heterocycles. The Morgan fingerprint density at radius 2 is 1.64 bits per heavy atom. The summed E-state index contributed by atoms with van der Waals surface area (Å²) in [5.74, 6) is -0.935. The maximum absolute atomic E-state index is 9.60. The van der Waals surface area contributed by atoms with Gasteiger partial charge in [0.2, 0.25) is 0 Å². The van der Waals surface area contributed by atoms with Crippen molar-refractivity contribution in [2.24, 2.45) is 0 Å². The number of carbonyl (C=O) groups is 1. The van der Waals surface area contributed by atoms with Crippen LogP contribution in [0.1, 0.15) is 58.3 Å².